The van der Waals surface area contributed by atoms with Gasteiger partial charge in [-0.05, 0) is 30.2 Å². The summed E-state index contributed by atoms with van der Waals surface area (Å²) in [5.41, 5.74) is 1.39. The number of nitrogens with one attached hydrogen (secondary N) is 1. The molecule has 1 aromatic carbocycles. The molecule has 5 nitrogen and oxygen atoms in total. The highest BCUT2D eigenvalue weighted by atomic mass is 35.5. The number of hydrogen-bond donors (Lipinski definition) is 1. The maximum absolute atomic E-state index is 12.4. The molecule has 0 saturated heterocycles. The second-order valence-corrected chi connectivity index (χ2v) is 6.39. The van der Waals surface area contributed by atoms with E-state index in [1.165, 1.54) is 18.3 Å². The molecule has 0 fully saturated rings. The molecule has 0 spiro atoms. The van der Waals surface area contributed by atoms with E-state index < -0.39 is 10.0 Å². The first-order valence-electron chi connectivity index (χ1n) is 6.24. The lowest BCUT2D eigenvalue weighted by Gasteiger charge is -2.12. The van der Waals surface area contributed by atoms with Crippen molar-refractivity contribution in [3.8, 4) is 0 Å². The molecule has 0 amide bonds. The van der Waals surface area contributed by atoms with Crippen LogP contribution in [0.15, 0.2) is 47.5 Å². The fourth-order valence-corrected chi connectivity index (χ4v) is 3.16. The van der Waals surface area contributed by atoms with Gasteiger partial charge in [0, 0.05) is 13.3 Å². The standard InChI is InChI=1S/C14H15ClN2O3S/c1-20-9-7-11-4-2-3-5-13(11)17-21(18,19)12-6-8-16-14(15)10-12/h2-6,8,10,17H,7,9H2,1H3. The number of nitrogens with zero attached hydrogens (tertiary/aromatic N) is 1. The van der Waals surface area contributed by atoms with E-state index in [1.807, 2.05) is 12.1 Å². The summed E-state index contributed by atoms with van der Waals surface area (Å²) in [6.07, 6.45) is 1.97. The Bertz CT molecular complexity index is 720. The molecule has 0 aliphatic carbocycles. The van der Waals surface area contributed by atoms with E-state index in [9.17, 15) is 8.42 Å². The summed E-state index contributed by atoms with van der Waals surface area (Å²) in [5.74, 6) is 0. The predicted octanol–water partition coefficient (Wildman–Crippen LogP) is 2.72. The van der Waals surface area contributed by atoms with E-state index in [2.05, 4.69) is 9.71 Å². The summed E-state index contributed by atoms with van der Waals surface area (Å²) >= 11 is 5.73. The van der Waals surface area contributed by atoms with Crippen molar-refractivity contribution in [2.75, 3.05) is 18.4 Å². The van der Waals surface area contributed by atoms with Gasteiger partial charge in [-0.3, -0.25) is 4.72 Å². The lowest BCUT2D eigenvalue weighted by molar-refractivity contribution is 0.202. The monoisotopic (exact) mass is 326 g/mol. The molecule has 2 aromatic rings. The van der Waals surface area contributed by atoms with Crippen molar-refractivity contribution in [2.24, 2.45) is 0 Å². The molecule has 0 saturated carbocycles. The average molecular weight is 327 g/mol. The first-order chi connectivity index (χ1) is 10.0. The number of ether oxygens (including phenoxy) is 1. The number of aromatic nitrogens is 1. The van der Waals surface area contributed by atoms with Gasteiger partial charge in [0.25, 0.3) is 10.0 Å². The molecule has 0 unspecified atom stereocenters. The summed E-state index contributed by atoms with van der Waals surface area (Å²) < 4.78 is 32.3. The van der Waals surface area contributed by atoms with Crippen LogP contribution in [0.1, 0.15) is 5.56 Å². The van der Waals surface area contributed by atoms with Gasteiger partial charge >= 0.3 is 0 Å². The number of benzene rings is 1. The molecule has 112 valence electrons. The third kappa shape index (κ3) is 4.17. The molecule has 0 bridgehead atoms. The number of methoxy groups -OCH3 is 1. The minimum absolute atomic E-state index is 0.0732. The summed E-state index contributed by atoms with van der Waals surface area (Å²) in [6, 6.07) is 9.90. The largest absolute Gasteiger partial charge is 0.384 e. The van der Waals surface area contributed by atoms with Crippen LogP contribution in [0.5, 0.6) is 0 Å². The van der Waals surface area contributed by atoms with Crippen molar-refractivity contribution >= 4 is 27.3 Å². The first-order valence-corrected chi connectivity index (χ1v) is 8.10. The SMILES string of the molecule is COCCc1ccccc1NS(=O)(=O)c1ccnc(Cl)c1. The Morgan fingerprint density at radius 3 is 2.76 bits per heavy atom. The third-order valence-electron chi connectivity index (χ3n) is 2.85. The van der Waals surface area contributed by atoms with Crippen molar-refractivity contribution in [1.29, 1.82) is 0 Å². The molecule has 0 radical (unpaired) electrons. The minimum Gasteiger partial charge on any atom is -0.384 e. The zero-order valence-corrected chi connectivity index (χ0v) is 13.0. The van der Waals surface area contributed by atoms with Crippen LogP contribution in [-0.2, 0) is 21.2 Å². The van der Waals surface area contributed by atoms with Crippen LogP contribution in [0.3, 0.4) is 0 Å². The van der Waals surface area contributed by atoms with E-state index in [0.29, 0.717) is 18.7 Å². The molecule has 0 aliphatic rings. The Labute approximate surface area is 129 Å². The maximum Gasteiger partial charge on any atom is 0.262 e. The average Bonchev–Trinajstić information content (AvgIpc) is 2.46. The number of pyridine rings is 1. The van der Waals surface area contributed by atoms with Crippen LogP contribution < -0.4 is 4.72 Å². The fourth-order valence-electron chi connectivity index (χ4n) is 1.81. The number of sulfonamides is 1. The van der Waals surface area contributed by atoms with Gasteiger partial charge in [0.15, 0.2) is 0 Å². The Morgan fingerprint density at radius 1 is 1.29 bits per heavy atom. The van der Waals surface area contributed by atoms with Crippen LogP contribution in [-0.4, -0.2) is 27.1 Å². The summed E-state index contributed by atoms with van der Waals surface area (Å²) in [6.45, 7) is 0.514. The van der Waals surface area contributed by atoms with Gasteiger partial charge in [0.2, 0.25) is 0 Å². The van der Waals surface area contributed by atoms with Crippen LogP contribution >= 0.6 is 11.6 Å². The molecule has 1 aromatic heterocycles. The number of halogens is 1. The smallest absolute Gasteiger partial charge is 0.262 e. The van der Waals surface area contributed by atoms with Crippen molar-refractivity contribution in [2.45, 2.75) is 11.3 Å². The number of para-hydroxylation sites is 1. The lowest BCUT2D eigenvalue weighted by atomic mass is 10.1. The summed E-state index contributed by atoms with van der Waals surface area (Å²) in [7, 11) is -2.10. The first kappa shape index (κ1) is 15.8. The Hall–Kier alpha value is -1.63. The van der Waals surface area contributed by atoms with Gasteiger partial charge in [0.1, 0.15) is 5.15 Å². The number of rotatable bonds is 6. The molecule has 2 rings (SSSR count). The number of anilines is 1. The molecule has 0 atom stereocenters. The topological polar surface area (TPSA) is 68.3 Å². The highest BCUT2D eigenvalue weighted by molar-refractivity contribution is 7.92. The molecular weight excluding hydrogens is 312 g/mol. The quantitative estimate of drug-likeness (QED) is 0.829. The fraction of sp³-hybridized carbons (Fsp3) is 0.214. The van der Waals surface area contributed by atoms with Crippen molar-refractivity contribution in [1.82, 2.24) is 4.98 Å². The van der Waals surface area contributed by atoms with E-state index in [0.717, 1.165) is 5.56 Å². The van der Waals surface area contributed by atoms with Gasteiger partial charge in [0.05, 0.1) is 17.2 Å². The molecular formula is C14H15ClN2O3S. The maximum atomic E-state index is 12.4. The molecule has 21 heavy (non-hydrogen) atoms. The van der Waals surface area contributed by atoms with E-state index in [4.69, 9.17) is 16.3 Å². The van der Waals surface area contributed by atoms with Gasteiger partial charge in [-0.25, -0.2) is 13.4 Å². The van der Waals surface area contributed by atoms with Gasteiger partial charge in [-0.2, -0.15) is 0 Å². The molecule has 7 heteroatoms. The van der Waals surface area contributed by atoms with Crippen LogP contribution in [0.2, 0.25) is 5.15 Å². The predicted molar refractivity (Wildman–Crippen MR) is 82.1 cm³/mol. The van der Waals surface area contributed by atoms with Gasteiger partial charge in [-0.15, -0.1) is 0 Å². The summed E-state index contributed by atoms with van der Waals surface area (Å²) in [4.78, 5) is 3.85. The van der Waals surface area contributed by atoms with Crippen LogP contribution in [0.4, 0.5) is 5.69 Å². The molecule has 1 N–H and O–H groups in total. The molecule has 1 heterocycles. The van der Waals surface area contributed by atoms with E-state index >= 15 is 0 Å². The third-order valence-corrected chi connectivity index (χ3v) is 4.42. The van der Waals surface area contributed by atoms with E-state index in [-0.39, 0.29) is 10.0 Å². The van der Waals surface area contributed by atoms with Crippen molar-refractivity contribution in [3.63, 3.8) is 0 Å². The van der Waals surface area contributed by atoms with E-state index in [1.54, 1.807) is 19.2 Å². The molecule has 0 aliphatic heterocycles. The minimum atomic E-state index is -3.70. The zero-order valence-electron chi connectivity index (χ0n) is 11.4. The van der Waals surface area contributed by atoms with Crippen LogP contribution in [0.25, 0.3) is 0 Å². The number of hydrogen-bond acceptors (Lipinski definition) is 4. The normalized spacial score (nSPS) is 11.3. The second-order valence-electron chi connectivity index (χ2n) is 4.32. The Kier molecular flexibility index (Phi) is 5.17. The van der Waals surface area contributed by atoms with Gasteiger partial charge in [-0.1, -0.05) is 29.8 Å². The Morgan fingerprint density at radius 2 is 2.05 bits per heavy atom. The van der Waals surface area contributed by atoms with Crippen molar-refractivity contribution in [3.05, 3.63) is 53.3 Å². The Balaban J connectivity index is 2.29. The van der Waals surface area contributed by atoms with Gasteiger partial charge < -0.3 is 4.74 Å². The van der Waals surface area contributed by atoms with Crippen LogP contribution in [0, 0.1) is 0 Å². The van der Waals surface area contributed by atoms with Crippen molar-refractivity contribution < 1.29 is 13.2 Å². The second kappa shape index (κ2) is 6.89. The lowest BCUT2D eigenvalue weighted by Crippen LogP contribution is -2.14. The zero-order chi connectivity index (χ0) is 15.3. The highest BCUT2D eigenvalue weighted by Crippen LogP contribution is 2.21. The highest BCUT2D eigenvalue weighted by Gasteiger charge is 2.16. The summed E-state index contributed by atoms with van der Waals surface area (Å²) in [5, 5.41) is 0.130.